The first kappa shape index (κ1) is 14.0. The Morgan fingerprint density at radius 1 is 1.40 bits per heavy atom. The summed E-state index contributed by atoms with van der Waals surface area (Å²) in [6.07, 6.45) is 7.55. The van der Waals surface area contributed by atoms with Crippen molar-refractivity contribution in [1.82, 2.24) is 9.55 Å². The molecule has 0 aliphatic carbocycles. The lowest BCUT2D eigenvalue weighted by Crippen LogP contribution is -2.05. The molecule has 6 nitrogen and oxygen atoms in total. The Labute approximate surface area is 117 Å². The van der Waals surface area contributed by atoms with E-state index in [9.17, 15) is 10.1 Å². The molecule has 1 heterocycles. The highest BCUT2D eigenvalue weighted by atomic mass is 16.6. The highest BCUT2D eigenvalue weighted by molar-refractivity contribution is 5.56. The Morgan fingerprint density at radius 2 is 2.25 bits per heavy atom. The SMILES string of the molecule is Cc1ccc([N+](=O)[O-])cc1NCCCCn1ccnc1. The standard InChI is InChI=1S/C14H18N4O2/c1-12-4-5-13(18(19)20)10-14(12)16-6-2-3-8-17-9-7-15-11-17/h4-5,7,9-11,16H,2-3,6,8H2,1H3. The number of imidazole rings is 1. The zero-order valence-electron chi connectivity index (χ0n) is 11.5. The third kappa shape index (κ3) is 3.81. The normalized spacial score (nSPS) is 10.4. The van der Waals surface area contributed by atoms with Crippen molar-refractivity contribution >= 4 is 11.4 Å². The van der Waals surface area contributed by atoms with Crippen molar-refractivity contribution < 1.29 is 4.92 Å². The Morgan fingerprint density at radius 3 is 2.95 bits per heavy atom. The summed E-state index contributed by atoms with van der Waals surface area (Å²) in [5.41, 5.74) is 1.98. The predicted molar refractivity (Wildman–Crippen MR) is 77.8 cm³/mol. The number of aryl methyl sites for hydroxylation is 2. The van der Waals surface area contributed by atoms with E-state index in [2.05, 4.69) is 10.3 Å². The van der Waals surface area contributed by atoms with E-state index >= 15 is 0 Å². The third-order valence-corrected chi connectivity index (χ3v) is 3.15. The molecule has 0 saturated heterocycles. The van der Waals surface area contributed by atoms with Gasteiger partial charge in [-0.1, -0.05) is 6.07 Å². The van der Waals surface area contributed by atoms with Gasteiger partial charge in [-0.15, -0.1) is 0 Å². The first-order valence-corrected chi connectivity index (χ1v) is 6.61. The van der Waals surface area contributed by atoms with E-state index in [1.165, 1.54) is 6.07 Å². The molecule has 20 heavy (non-hydrogen) atoms. The van der Waals surface area contributed by atoms with Gasteiger partial charge in [0.1, 0.15) is 0 Å². The second-order valence-electron chi connectivity index (χ2n) is 4.69. The maximum atomic E-state index is 10.7. The number of anilines is 1. The molecule has 0 amide bonds. The van der Waals surface area contributed by atoms with Gasteiger partial charge in [-0.3, -0.25) is 10.1 Å². The van der Waals surface area contributed by atoms with Gasteiger partial charge in [-0.2, -0.15) is 0 Å². The predicted octanol–water partition coefficient (Wildman–Crippen LogP) is 2.99. The van der Waals surface area contributed by atoms with Crippen molar-refractivity contribution in [2.75, 3.05) is 11.9 Å². The lowest BCUT2D eigenvalue weighted by molar-refractivity contribution is -0.384. The van der Waals surface area contributed by atoms with E-state index < -0.39 is 0 Å². The highest BCUT2D eigenvalue weighted by Gasteiger charge is 2.07. The average Bonchev–Trinajstić information content (AvgIpc) is 2.93. The van der Waals surface area contributed by atoms with E-state index in [1.807, 2.05) is 17.7 Å². The van der Waals surface area contributed by atoms with Crippen LogP contribution in [-0.2, 0) is 6.54 Å². The lowest BCUT2D eigenvalue weighted by atomic mass is 10.1. The van der Waals surface area contributed by atoms with Crippen molar-refractivity contribution in [3.63, 3.8) is 0 Å². The molecule has 0 unspecified atom stereocenters. The van der Waals surface area contributed by atoms with Crippen LogP contribution in [0.4, 0.5) is 11.4 Å². The molecule has 0 aliphatic rings. The molecule has 0 spiro atoms. The van der Waals surface area contributed by atoms with Crippen LogP contribution >= 0.6 is 0 Å². The first-order chi connectivity index (χ1) is 9.66. The fraction of sp³-hybridized carbons (Fsp3) is 0.357. The quantitative estimate of drug-likeness (QED) is 0.478. The fourth-order valence-corrected chi connectivity index (χ4v) is 1.98. The number of nitro groups is 1. The monoisotopic (exact) mass is 274 g/mol. The van der Waals surface area contributed by atoms with Crippen molar-refractivity contribution in [2.45, 2.75) is 26.3 Å². The fourth-order valence-electron chi connectivity index (χ4n) is 1.98. The minimum Gasteiger partial charge on any atom is -0.385 e. The molecule has 0 atom stereocenters. The number of nitro benzene ring substituents is 1. The smallest absolute Gasteiger partial charge is 0.271 e. The van der Waals surface area contributed by atoms with Crippen LogP contribution in [0, 0.1) is 17.0 Å². The summed E-state index contributed by atoms with van der Waals surface area (Å²) >= 11 is 0. The molecule has 0 radical (unpaired) electrons. The minimum absolute atomic E-state index is 0.122. The van der Waals surface area contributed by atoms with Crippen LogP contribution in [0.1, 0.15) is 18.4 Å². The molecule has 0 aliphatic heterocycles. The maximum Gasteiger partial charge on any atom is 0.271 e. The summed E-state index contributed by atoms with van der Waals surface area (Å²) in [5, 5.41) is 14.0. The van der Waals surface area contributed by atoms with E-state index in [-0.39, 0.29) is 10.6 Å². The molecule has 1 aromatic carbocycles. The highest BCUT2D eigenvalue weighted by Crippen LogP contribution is 2.21. The second kappa shape index (κ2) is 6.70. The zero-order chi connectivity index (χ0) is 14.4. The van der Waals surface area contributed by atoms with Gasteiger partial charge in [0.25, 0.3) is 5.69 Å². The van der Waals surface area contributed by atoms with Gasteiger partial charge < -0.3 is 9.88 Å². The number of unbranched alkanes of at least 4 members (excludes halogenated alkanes) is 1. The summed E-state index contributed by atoms with van der Waals surface area (Å²) < 4.78 is 2.04. The maximum absolute atomic E-state index is 10.7. The molecule has 0 fully saturated rings. The molecule has 106 valence electrons. The number of nitrogens with zero attached hydrogens (tertiary/aromatic N) is 3. The summed E-state index contributed by atoms with van der Waals surface area (Å²) in [6.45, 7) is 3.68. The molecule has 1 aromatic heterocycles. The summed E-state index contributed by atoms with van der Waals surface area (Å²) in [4.78, 5) is 14.4. The Hall–Kier alpha value is -2.37. The largest absolute Gasteiger partial charge is 0.385 e. The zero-order valence-corrected chi connectivity index (χ0v) is 11.5. The van der Waals surface area contributed by atoms with Gasteiger partial charge in [-0.05, 0) is 25.3 Å². The van der Waals surface area contributed by atoms with Crippen LogP contribution in [0.2, 0.25) is 0 Å². The minimum atomic E-state index is -0.371. The van der Waals surface area contributed by atoms with E-state index in [1.54, 1.807) is 24.7 Å². The van der Waals surface area contributed by atoms with Gasteiger partial charge in [0.05, 0.1) is 11.3 Å². The van der Waals surface area contributed by atoms with Crippen molar-refractivity contribution in [1.29, 1.82) is 0 Å². The average molecular weight is 274 g/mol. The third-order valence-electron chi connectivity index (χ3n) is 3.15. The van der Waals surface area contributed by atoms with Crippen LogP contribution < -0.4 is 5.32 Å². The molecule has 1 N–H and O–H groups in total. The number of nitrogens with one attached hydrogen (secondary N) is 1. The van der Waals surface area contributed by atoms with Gasteiger partial charge in [0.15, 0.2) is 0 Å². The molecule has 2 rings (SSSR count). The van der Waals surface area contributed by atoms with Gasteiger partial charge in [0.2, 0.25) is 0 Å². The van der Waals surface area contributed by atoms with Gasteiger partial charge >= 0.3 is 0 Å². The van der Waals surface area contributed by atoms with Crippen LogP contribution in [0.5, 0.6) is 0 Å². The van der Waals surface area contributed by atoms with Crippen LogP contribution in [0.3, 0.4) is 0 Å². The number of hydrogen-bond donors (Lipinski definition) is 1. The topological polar surface area (TPSA) is 73.0 Å². The molecule has 0 bridgehead atoms. The van der Waals surface area contributed by atoms with E-state index in [4.69, 9.17) is 0 Å². The van der Waals surface area contributed by atoms with E-state index in [0.29, 0.717) is 0 Å². The van der Waals surface area contributed by atoms with Crippen molar-refractivity contribution in [3.05, 3.63) is 52.6 Å². The van der Waals surface area contributed by atoms with Gasteiger partial charge in [-0.25, -0.2) is 4.98 Å². The number of benzene rings is 1. The summed E-state index contributed by atoms with van der Waals surface area (Å²) in [5.74, 6) is 0. The number of hydrogen-bond acceptors (Lipinski definition) is 4. The molecular weight excluding hydrogens is 256 g/mol. The van der Waals surface area contributed by atoms with Crippen molar-refractivity contribution in [2.24, 2.45) is 0 Å². The Balaban J connectivity index is 1.78. The molecular formula is C14H18N4O2. The number of rotatable bonds is 7. The Kier molecular flexibility index (Phi) is 4.70. The molecule has 6 heteroatoms. The number of non-ortho nitro benzene ring substituents is 1. The second-order valence-corrected chi connectivity index (χ2v) is 4.69. The van der Waals surface area contributed by atoms with Crippen LogP contribution in [0.15, 0.2) is 36.9 Å². The Bertz CT molecular complexity index is 567. The number of aromatic nitrogens is 2. The molecule has 0 saturated carbocycles. The lowest BCUT2D eigenvalue weighted by Gasteiger charge is -2.09. The summed E-state index contributed by atoms with van der Waals surface area (Å²) in [6, 6.07) is 4.89. The first-order valence-electron chi connectivity index (χ1n) is 6.61. The van der Waals surface area contributed by atoms with Gasteiger partial charge in [0, 0.05) is 43.3 Å². The summed E-state index contributed by atoms with van der Waals surface area (Å²) in [7, 11) is 0. The van der Waals surface area contributed by atoms with Crippen LogP contribution in [0.25, 0.3) is 0 Å². The van der Waals surface area contributed by atoms with E-state index in [0.717, 1.165) is 37.2 Å². The van der Waals surface area contributed by atoms with Crippen LogP contribution in [-0.4, -0.2) is 21.0 Å². The van der Waals surface area contributed by atoms with Crippen molar-refractivity contribution in [3.8, 4) is 0 Å². The molecule has 2 aromatic rings.